The lowest BCUT2D eigenvalue weighted by atomic mass is 9.93. The van der Waals surface area contributed by atoms with Crippen LogP contribution in [0.25, 0.3) is 0 Å². The fourth-order valence-electron chi connectivity index (χ4n) is 2.49. The SMILES string of the molecule is CCOCCS(=O)(=O)NCC(=O)N1CCC(CCNC)CC1.Cl. The highest BCUT2D eigenvalue weighted by molar-refractivity contribution is 7.89. The molecule has 0 unspecified atom stereocenters. The first kappa shape index (κ1) is 22.6. The van der Waals surface area contributed by atoms with Crippen LogP contribution in [-0.4, -0.2) is 71.4 Å². The number of halogens is 1. The molecule has 0 saturated carbocycles. The molecule has 7 nitrogen and oxygen atoms in total. The Morgan fingerprint density at radius 1 is 1.30 bits per heavy atom. The normalized spacial score (nSPS) is 16.2. The van der Waals surface area contributed by atoms with Gasteiger partial charge in [0.05, 0.1) is 18.9 Å². The van der Waals surface area contributed by atoms with E-state index in [4.69, 9.17) is 4.74 Å². The number of rotatable bonds is 10. The van der Waals surface area contributed by atoms with Gasteiger partial charge in [0.2, 0.25) is 15.9 Å². The van der Waals surface area contributed by atoms with Gasteiger partial charge in [0.25, 0.3) is 0 Å². The highest BCUT2D eigenvalue weighted by Gasteiger charge is 2.23. The summed E-state index contributed by atoms with van der Waals surface area (Å²) < 4.78 is 30.8. The molecule has 1 heterocycles. The average molecular weight is 372 g/mol. The third-order valence-corrected chi connectivity index (χ3v) is 5.20. The van der Waals surface area contributed by atoms with Crippen LogP contribution in [-0.2, 0) is 19.6 Å². The topological polar surface area (TPSA) is 87.7 Å². The molecule has 23 heavy (non-hydrogen) atoms. The minimum Gasteiger partial charge on any atom is -0.381 e. The van der Waals surface area contributed by atoms with Crippen molar-refractivity contribution in [3.05, 3.63) is 0 Å². The quantitative estimate of drug-likeness (QED) is 0.536. The Hall–Kier alpha value is -0.410. The first-order valence-corrected chi connectivity index (χ1v) is 9.61. The Balaban J connectivity index is 0.00000484. The van der Waals surface area contributed by atoms with E-state index in [1.807, 2.05) is 14.0 Å². The first-order valence-electron chi connectivity index (χ1n) is 7.96. The maximum atomic E-state index is 12.1. The first-order chi connectivity index (χ1) is 10.5. The highest BCUT2D eigenvalue weighted by atomic mass is 35.5. The van der Waals surface area contributed by atoms with Crippen LogP contribution in [0.4, 0.5) is 0 Å². The molecule has 0 spiro atoms. The zero-order valence-electron chi connectivity index (χ0n) is 14.0. The van der Waals surface area contributed by atoms with E-state index in [9.17, 15) is 13.2 Å². The third kappa shape index (κ3) is 9.46. The van der Waals surface area contributed by atoms with Crippen molar-refractivity contribution in [2.24, 2.45) is 5.92 Å². The molecule has 0 aromatic carbocycles. The molecule has 9 heteroatoms. The number of likely N-dealkylation sites (tertiary alicyclic amines) is 1. The highest BCUT2D eigenvalue weighted by Crippen LogP contribution is 2.19. The number of amides is 1. The number of piperidine rings is 1. The van der Waals surface area contributed by atoms with Crippen molar-refractivity contribution in [2.45, 2.75) is 26.2 Å². The number of sulfonamides is 1. The molecule has 138 valence electrons. The molecule has 1 aliphatic heterocycles. The number of hydrogen-bond acceptors (Lipinski definition) is 5. The molecule has 0 bridgehead atoms. The van der Waals surface area contributed by atoms with Gasteiger partial charge in [-0.3, -0.25) is 4.79 Å². The summed E-state index contributed by atoms with van der Waals surface area (Å²) in [5, 5.41) is 3.14. The van der Waals surface area contributed by atoms with Crippen LogP contribution in [0.5, 0.6) is 0 Å². The van der Waals surface area contributed by atoms with Gasteiger partial charge in [0.1, 0.15) is 0 Å². The summed E-state index contributed by atoms with van der Waals surface area (Å²) in [7, 11) is -1.50. The molecular weight excluding hydrogens is 342 g/mol. The van der Waals surface area contributed by atoms with E-state index in [1.165, 1.54) is 0 Å². The minimum absolute atomic E-state index is 0. The molecule has 1 saturated heterocycles. The van der Waals surface area contributed by atoms with Crippen molar-refractivity contribution < 1.29 is 17.9 Å². The van der Waals surface area contributed by atoms with E-state index in [-0.39, 0.29) is 37.2 Å². The van der Waals surface area contributed by atoms with E-state index in [0.717, 1.165) is 25.8 Å². The Morgan fingerprint density at radius 2 is 1.96 bits per heavy atom. The third-order valence-electron chi connectivity index (χ3n) is 3.91. The van der Waals surface area contributed by atoms with Crippen molar-refractivity contribution in [3.63, 3.8) is 0 Å². The second kappa shape index (κ2) is 12.0. The van der Waals surface area contributed by atoms with Gasteiger partial charge in [-0.05, 0) is 45.7 Å². The zero-order chi connectivity index (χ0) is 16.4. The van der Waals surface area contributed by atoms with E-state index in [1.54, 1.807) is 4.90 Å². The van der Waals surface area contributed by atoms with Crippen LogP contribution in [0.1, 0.15) is 26.2 Å². The maximum Gasteiger partial charge on any atom is 0.237 e. The van der Waals surface area contributed by atoms with Crippen LogP contribution in [0.2, 0.25) is 0 Å². The zero-order valence-corrected chi connectivity index (χ0v) is 15.7. The number of nitrogens with one attached hydrogen (secondary N) is 2. The van der Waals surface area contributed by atoms with Gasteiger partial charge in [-0.15, -0.1) is 12.4 Å². The lowest BCUT2D eigenvalue weighted by Gasteiger charge is -2.32. The smallest absolute Gasteiger partial charge is 0.237 e. The van der Waals surface area contributed by atoms with Gasteiger partial charge >= 0.3 is 0 Å². The van der Waals surface area contributed by atoms with Crippen LogP contribution in [0, 0.1) is 5.92 Å². The molecular formula is C14H30ClN3O4S. The van der Waals surface area contributed by atoms with Crippen molar-refractivity contribution in [2.75, 3.05) is 52.2 Å². The molecule has 0 atom stereocenters. The lowest BCUT2D eigenvalue weighted by Crippen LogP contribution is -2.44. The van der Waals surface area contributed by atoms with E-state index >= 15 is 0 Å². The van der Waals surface area contributed by atoms with Gasteiger partial charge in [-0.1, -0.05) is 0 Å². The molecule has 1 amide bonds. The second-order valence-corrected chi connectivity index (χ2v) is 7.48. The Kier molecular flexibility index (Phi) is 11.8. The lowest BCUT2D eigenvalue weighted by molar-refractivity contribution is -0.131. The van der Waals surface area contributed by atoms with Gasteiger partial charge in [-0.25, -0.2) is 13.1 Å². The van der Waals surface area contributed by atoms with E-state index in [0.29, 0.717) is 25.6 Å². The Morgan fingerprint density at radius 3 is 2.52 bits per heavy atom. The standard InChI is InChI=1S/C14H29N3O4S.ClH/c1-3-21-10-11-22(19,20)16-12-14(18)17-8-5-13(6-9-17)4-7-15-2;/h13,15-16H,3-12H2,1-2H3;1H. The average Bonchev–Trinajstić information content (AvgIpc) is 2.51. The van der Waals surface area contributed by atoms with Crippen molar-refractivity contribution in [1.29, 1.82) is 0 Å². The predicted molar refractivity (Wildman–Crippen MR) is 93.4 cm³/mol. The molecule has 1 rings (SSSR count). The summed E-state index contributed by atoms with van der Waals surface area (Å²) in [6.07, 6.45) is 3.11. The summed E-state index contributed by atoms with van der Waals surface area (Å²) in [5.74, 6) is 0.395. The summed E-state index contributed by atoms with van der Waals surface area (Å²) in [4.78, 5) is 13.8. The number of carbonyl (C=O) groups excluding carboxylic acids is 1. The van der Waals surface area contributed by atoms with Crippen molar-refractivity contribution in [3.8, 4) is 0 Å². The summed E-state index contributed by atoms with van der Waals surface area (Å²) >= 11 is 0. The molecule has 1 fully saturated rings. The molecule has 0 aromatic rings. The molecule has 2 N–H and O–H groups in total. The van der Waals surface area contributed by atoms with Crippen molar-refractivity contribution in [1.82, 2.24) is 14.9 Å². The second-order valence-electron chi connectivity index (χ2n) is 5.55. The fraction of sp³-hybridized carbons (Fsp3) is 0.929. The number of hydrogen-bond donors (Lipinski definition) is 2. The summed E-state index contributed by atoms with van der Waals surface area (Å²) in [5.41, 5.74) is 0. The Labute approximate surface area is 146 Å². The van der Waals surface area contributed by atoms with Crippen LogP contribution in [0.15, 0.2) is 0 Å². The largest absolute Gasteiger partial charge is 0.381 e. The number of ether oxygens (including phenoxy) is 1. The molecule has 1 aliphatic rings. The monoisotopic (exact) mass is 371 g/mol. The molecule has 0 aromatic heterocycles. The van der Waals surface area contributed by atoms with Gasteiger partial charge < -0.3 is 15.0 Å². The predicted octanol–water partition coefficient (Wildman–Crippen LogP) is 0.212. The summed E-state index contributed by atoms with van der Waals surface area (Å²) in [6.45, 7) is 4.72. The molecule has 0 aliphatic carbocycles. The van der Waals surface area contributed by atoms with Crippen molar-refractivity contribution >= 4 is 28.3 Å². The van der Waals surface area contributed by atoms with Crippen LogP contribution >= 0.6 is 12.4 Å². The van der Waals surface area contributed by atoms with E-state index in [2.05, 4.69) is 10.0 Å². The maximum absolute atomic E-state index is 12.1. The van der Waals surface area contributed by atoms with Crippen LogP contribution < -0.4 is 10.0 Å². The fourth-order valence-corrected chi connectivity index (χ4v) is 3.31. The van der Waals surface area contributed by atoms with Gasteiger partial charge in [0.15, 0.2) is 0 Å². The Bertz CT molecular complexity index is 426. The van der Waals surface area contributed by atoms with Gasteiger partial charge in [0, 0.05) is 19.7 Å². The van der Waals surface area contributed by atoms with Crippen LogP contribution in [0.3, 0.4) is 0 Å². The minimum atomic E-state index is -3.44. The van der Waals surface area contributed by atoms with E-state index < -0.39 is 10.0 Å². The number of nitrogens with zero attached hydrogens (tertiary/aromatic N) is 1. The number of carbonyl (C=O) groups is 1. The molecule has 0 radical (unpaired) electrons. The van der Waals surface area contributed by atoms with Gasteiger partial charge in [-0.2, -0.15) is 0 Å². The summed E-state index contributed by atoms with van der Waals surface area (Å²) in [6, 6.07) is 0.